The standard InChI is InChI=1S/C15H21ClF2N4O/c1-21-6-4-10(5-7-21)19-11(23)8-22-14(9-2-3-9)12(16)13(20-22)15(17)18/h9-10,15H,2-8H2,1H3,(H,19,23). The molecule has 8 heteroatoms. The van der Waals surface area contributed by atoms with E-state index in [0.29, 0.717) is 5.69 Å². The summed E-state index contributed by atoms with van der Waals surface area (Å²) < 4.78 is 27.3. The number of hydrogen-bond donors (Lipinski definition) is 1. The molecule has 2 fully saturated rings. The van der Waals surface area contributed by atoms with Crippen molar-refractivity contribution in [1.82, 2.24) is 20.0 Å². The molecule has 1 N–H and O–H groups in total. The summed E-state index contributed by atoms with van der Waals surface area (Å²) in [6, 6.07) is 0.142. The fourth-order valence-corrected chi connectivity index (χ4v) is 3.41. The van der Waals surface area contributed by atoms with Crippen LogP contribution in [0, 0.1) is 0 Å². The monoisotopic (exact) mass is 346 g/mol. The number of nitrogens with one attached hydrogen (secondary N) is 1. The number of likely N-dealkylation sites (tertiary alicyclic amines) is 1. The van der Waals surface area contributed by atoms with Crippen LogP contribution in [0.3, 0.4) is 0 Å². The zero-order valence-corrected chi connectivity index (χ0v) is 13.8. The minimum absolute atomic E-state index is 0.0228. The lowest BCUT2D eigenvalue weighted by atomic mass is 10.1. The van der Waals surface area contributed by atoms with Crippen molar-refractivity contribution in [2.45, 2.75) is 50.6 Å². The second-order valence-corrected chi connectivity index (χ2v) is 6.84. The molecule has 5 nitrogen and oxygen atoms in total. The Balaban J connectivity index is 1.67. The van der Waals surface area contributed by atoms with Crippen LogP contribution >= 0.6 is 11.6 Å². The molecule has 0 bridgehead atoms. The van der Waals surface area contributed by atoms with Crippen LogP contribution in [0.25, 0.3) is 0 Å². The molecule has 1 saturated carbocycles. The van der Waals surface area contributed by atoms with E-state index in [1.54, 1.807) is 0 Å². The number of nitrogens with zero attached hydrogens (tertiary/aromatic N) is 3. The third-order valence-electron chi connectivity index (χ3n) is 4.50. The Morgan fingerprint density at radius 3 is 2.57 bits per heavy atom. The molecule has 0 atom stereocenters. The normalized spacial score (nSPS) is 20.2. The van der Waals surface area contributed by atoms with Gasteiger partial charge in [0.15, 0.2) is 0 Å². The van der Waals surface area contributed by atoms with E-state index < -0.39 is 12.1 Å². The van der Waals surface area contributed by atoms with Gasteiger partial charge >= 0.3 is 0 Å². The van der Waals surface area contributed by atoms with Crippen molar-refractivity contribution in [2.24, 2.45) is 0 Å². The van der Waals surface area contributed by atoms with Crippen molar-refractivity contribution in [3.8, 4) is 0 Å². The van der Waals surface area contributed by atoms with Gasteiger partial charge in [0.2, 0.25) is 5.91 Å². The van der Waals surface area contributed by atoms with Crippen LogP contribution in [0.4, 0.5) is 8.78 Å². The third-order valence-corrected chi connectivity index (χ3v) is 4.89. The quantitative estimate of drug-likeness (QED) is 0.891. The number of rotatable bonds is 5. The largest absolute Gasteiger partial charge is 0.352 e. The molecule has 128 valence electrons. The maximum Gasteiger partial charge on any atom is 0.283 e. The molecule has 1 aliphatic carbocycles. The Morgan fingerprint density at radius 2 is 2.00 bits per heavy atom. The highest BCUT2D eigenvalue weighted by Gasteiger charge is 2.34. The number of carbonyl (C=O) groups excluding carboxylic acids is 1. The van der Waals surface area contributed by atoms with Gasteiger partial charge in [-0.2, -0.15) is 5.10 Å². The van der Waals surface area contributed by atoms with Gasteiger partial charge in [-0.1, -0.05) is 11.6 Å². The van der Waals surface area contributed by atoms with Gasteiger partial charge in [0.05, 0.1) is 10.7 Å². The summed E-state index contributed by atoms with van der Waals surface area (Å²) in [5, 5.41) is 6.88. The van der Waals surface area contributed by atoms with Gasteiger partial charge in [-0.05, 0) is 45.8 Å². The van der Waals surface area contributed by atoms with E-state index in [0.717, 1.165) is 38.8 Å². The number of halogens is 3. The van der Waals surface area contributed by atoms with Crippen molar-refractivity contribution < 1.29 is 13.6 Å². The van der Waals surface area contributed by atoms with Crippen LogP contribution in [-0.4, -0.2) is 46.8 Å². The van der Waals surface area contributed by atoms with E-state index in [9.17, 15) is 13.6 Å². The van der Waals surface area contributed by atoms with E-state index in [4.69, 9.17) is 11.6 Å². The van der Waals surface area contributed by atoms with Gasteiger partial charge in [0, 0.05) is 12.0 Å². The number of carbonyl (C=O) groups is 1. The molecule has 1 aromatic rings. The molecular weight excluding hydrogens is 326 g/mol. The maximum atomic E-state index is 13.0. The fraction of sp³-hybridized carbons (Fsp3) is 0.733. The van der Waals surface area contributed by atoms with Crippen LogP contribution < -0.4 is 5.32 Å². The van der Waals surface area contributed by atoms with E-state index in [1.165, 1.54) is 4.68 Å². The first-order valence-electron chi connectivity index (χ1n) is 7.98. The SMILES string of the molecule is CN1CCC(NC(=O)Cn2nc(C(F)F)c(Cl)c2C2CC2)CC1. The molecule has 0 aromatic carbocycles. The van der Waals surface area contributed by atoms with Gasteiger partial charge in [-0.15, -0.1) is 0 Å². The minimum Gasteiger partial charge on any atom is -0.352 e. The summed E-state index contributed by atoms with van der Waals surface area (Å²) in [5.74, 6) is -0.0416. The van der Waals surface area contributed by atoms with Crippen molar-refractivity contribution in [3.63, 3.8) is 0 Å². The molecule has 0 radical (unpaired) electrons. The Morgan fingerprint density at radius 1 is 1.35 bits per heavy atom. The molecule has 23 heavy (non-hydrogen) atoms. The van der Waals surface area contributed by atoms with Crippen molar-refractivity contribution in [3.05, 3.63) is 16.4 Å². The van der Waals surface area contributed by atoms with Gasteiger partial charge in [0.25, 0.3) is 6.43 Å². The number of aromatic nitrogens is 2. The second-order valence-electron chi connectivity index (χ2n) is 6.46. The molecule has 0 spiro atoms. The van der Waals surface area contributed by atoms with Crippen molar-refractivity contribution in [2.75, 3.05) is 20.1 Å². The van der Waals surface area contributed by atoms with Crippen LogP contribution in [0.15, 0.2) is 0 Å². The fourth-order valence-electron chi connectivity index (χ4n) is 3.04. The second kappa shape index (κ2) is 6.73. The van der Waals surface area contributed by atoms with E-state index in [1.807, 2.05) is 0 Å². The first-order chi connectivity index (χ1) is 11.0. The van der Waals surface area contributed by atoms with Gasteiger partial charge in [0.1, 0.15) is 12.2 Å². The molecule has 2 heterocycles. The molecular formula is C15H21ClF2N4O. The predicted molar refractivity (Wildman–Crippen MR) is 82.8 cm³/mol. The van der Waals surface area contributed by atoms with Crippen molar-refractivity contribution in [1.29, 1.82) is 0 Å². The summed E-state index contributed by atoms with van der Waals surface area (Å²) in [7, 11) is 2.05. The molecule has 2 aliphatic rings. The van der Waals surface area contributed by atoms with Crippen molar-refractivity contribution >= 4 is 17.5 Å². The average molecular weight is 347 g/mol. The summed E-state index contributed by atoms with van der Waals surface area (Å²) in [6.07, 6.45) is 0.896. The number of piperidine rings is 1. The topological polar surface area (TPSA) is 50.2 Å². The molecule has 1 aromatic heterocycles. The lowest BCUT2D eigenvalue weighted by Crippen LogP contribution is -2.44. The Labute approximate surface area is 139 Å². The van der Waals surface area contributed by atoms with Gasteiger partial charge in [-0.3, -0.25) is 9.48 Å². The number of amides is 1. The Bertz CT molecular complexity index is 580. The molecule has 3 rings (SSSR count). The zero-order chi connectivity index (χ0) is 16.6. The first-order valence-corrected chi connectivity index (χ1v) is 8.35. The highest BCUT2D eigenvalue weighted by atomic mass is 35.5. The highest BCUT2D eigenvalue weighted by molar-refractivity contribution is 6.32. The number of alkyl halides is 2. The molecule has 1 amide bonds. The van der Waals surface area contributed by atoms with Crippen LogP contribution in [0.2, 0.25) is 5.02 Å². The zero-order valence-electron chi connectivity index (χ0n) is 13.1. The van der Waals surface area contributed by atoms with E-state index in [-0.39, 0.29) is 29.4 Å². The van der Waals surface area contributed by atoms with Crippen LogP contribution in [0.5, 0.6) is 0 Å². The summed E-state index contributed by atoms with van der Waals surface area (Å²) in [6.45, 7) is 1.84. The lowest BCUT2D eigenvalue weighted by molar-refractivity contribution is -0.122. The Hall–Kier alpha value is -1.21. The lowest BCUT2D eigenvalue weighted by Gasteiger charge is -2.29. The molecule has 0 unspecified atom stereocenters. The number of hydrogen-bond acceptors (Lipinski definition) is 3. The Kier molecular flexibility index (Phi) is 4.87. The van der Waals surface area contributed by atoms with Crippen LogP contribution in [-0.2, 0) is 11.3 Å². The first kappa shape index (κ1) is 16.6. The predicted octanol–water partition coefficient (Wildman–Crippen LogP) is 2.56. The minimum atomic E-state index is -2.72. The van der Waals surface area contributed by atoms with E-state index in [2.05, 4.69) is 22.4 Å². The summed E-state index contributed by atoms with van der Waals surface area (Å²) in [5.41, 5.74) is 0.168. The highest BCUT2D eigenvalue weighted by Crippen LogP contribution is 2.45. The third kappa shape index (κ3) is 3.83. The van der Waals surface area contributed by atoms with Gasteiger partial charge < -0.3 is 10.2 Å². The summed E-state index contributed by atoms with van der Waals surface area (Å²) in [4.78, 5) is 14.5. The maximum absolute atomic E-state index is 13.0. The molecule has 1 aliphatic heterocycles. The van der Waals surface area contributed by atoms with E-state index >= 15 is 0 Å². The van der Waals surface area contributed by atoms with Gasteiger partial charge in [-0.25, -0.2) is 8.78 Å². The summed E-state index contributed by atoms with van der Waals surface area (Å²) >= 11 is 6.05. The average Bonchev–Trinajstić information content (AvgIpc) is 3.26. The van der Waals surface area contributed by atoms with Crippen LogP contribution in [0.1, 0.15) is 49.4 Å². The smallest absolute Gasteiger partial charge is 0.283 e. The molecule has 1 saturated heterocycles.